The molecule has 0 saturated heterocycles. The molecule has 2 nitrogen and oxygen atoms in total. The highest BCUT2D eigenvalue weighted by Crippen LogP contribution is 2.20. The first-order chi connectivity index (χ1) is 7.64. The Kier molecular flexibility index (Phi) is 5.91. The van der Waals surface area contributed by atoms with Crippen molar-refractivity contribution in [3.05, 3.63) is 35.9 Å². The van der Waals surface area contributed by atoms with Gasteiger partial charge in [-0.1, -0.05) is 50.1 Å². The molecule has 0 heterocycles. The molecule has 1 rings (SSSR count). The maximum absolute atomic E-state index is 11.7. The third-order valence-corrected chi connectivity index (χ3v) is 5.63. The van der Waals surface area contributed by atoms with Crippen LogP contribution >= 0.6 is 10.8 Å². The quantitative estimate of drug-likeness (QED) is 0.555. The number of hydrogen-bond donors (Lipinski definition) is 0. The first kappa shape index (κ1) is 13.6. The Morgan fingerprint density at radius 3 is 2.44 bits per heavy atom. The second-order valence-electron chi connectivity index (χ2n) is 3.72. The van der Waals surface area contributed by atoms with E-state index in [1.807, 2.05) is 30.3 Å². The molecule has 0 bridgehead atoms. The number of unbranched alkanes of at least 4 members (excludes halogenated alkanes) is 2. The summed E-state index contributed by atoms with van der Waals surface area (Å²) in [5.74, 6) is 0.855. The van der Waals surface area contributed by atoms with Crippen molar-refractivity contribution in [2.45, 2.75) is 31.9 Å². The van der Waals surface area contributed by atoms with E-state index in [4.69, 9.17) is 0 Å². The lowest BCUT2D eigenvalue weighted by atomic mass is 10.2. The number of hydrogen-bond acceptors (Lipinski definition) is 3. The molecule has 0 N–H and O–H groups in total. The molecular weight excluding hydrogens is 240 g/mol. The Bertz CT molecular complexity index is 385. The van der Waals surface area contributed by atoms with Crippen LogP contribution in [0.25, 0.3) is 0 Å². The summed E-state index contributed by atoms with van der Waals surface area (Å²) < 4.78 is 23.5. The highest BCUT2D eigenvalue weighted by atomic mass is 33.1. The van der Waals surface area contributed by atoms with E-state index in [-0.39, 0.29) is 5.75 Å². The Hall–Kier alpha value is -0.480. The van der Waals surface area contributed by atoms with E-state index in [1.165, 1.54) is 0 Å². The van der Waals surface area contributed by atoms with Crippen molar-refractivity contribution in [2.75, 3.05) is 5.75 Å². The zero-order valence-electron chi connectivity index (χ0n) is 9.56. The summed E-state index contributed by atoms with van der Waals surface area (Å²) in [5, 5.41) is 0. The van der Waals surface area contributed by atoms with E-state index in [2.05, 4.69) is 6.92 Å². The Morgan fingerprint density at radius 2 is 1.81 bits per heavy atom. The zero-order chi connectivity index (χ0) is 11.9. The minimum Gasteiger partial charge on any atom is -0.217 e. The van der Waals surface area contributed by atoms with E-state index >= 15 is 0 Å². The molecule has 90 valence electrons. The van der Waals surface area contributed by atoms with Gasteiger partial charge < -0.3 is 0 Å². The second kappa shape index (κ2) is 6.97. The monoisotopic (exact) mass is 258 g/mol. The van der Waals surface area contributed by atoms with Crippen LogP contribution < -0.4 is 0 Å². The molecule has 0 atom stereocenters. The van der Waals surface area contributed by atoms with Crippen molar-refractivity contribution in [3.63, 3.8) is 0 Å². The van der Waals surface area contributed by atoms with E-state index in [9.17, 15) is 8.42 Å². The van der Waals surface area contributed by atoms with Gasteiger partial charge in [0.1, 0.15) is 0 Å². The van der Waals surface area contributed by atoms with Gasteiger partial charge in [0, 0.05) is 5.75 Å². The summed E-state index contributed by atoms with van der Waals surface area (Å²) in [7, 11) is -1.91. The first-order valence-corrected chi connectivity index (χ1v) is 8.70. The van der Waals surface area contributed by atoms with Crippen molar-refractivity contribution in [1.29, 1.82) is 0 Å². The lowest BCUT2D eigenvalue weighted by Gasteiger charge is -2.03. The van der Waals surface area contributed by atoms with Crippen LogP contribution in [0.1, 0.15) is 31.7 Å². The van der Waals surface area contributed by atoms with E-state index < -0.39 is 8.87 Å². The Labute approximate surface area is 102 Å². The largest absolute Gasteiger partial charge is 0.217 e. The summed E-state index contributed by atoms with van der Waals surface area (Å²) in [5.41, 5.74) is 0.866. The molecule has 0 saturated carbocycles. The molecule has 4 heteroatoms. The molecule has 0 fully saturated rings. The Morgan fingerprint density at radius 1 is 1.12 bits per heavy atom. The average Bonchev–Trinajstić information content (AvgIpc) is 2.25. The molecule has 0 spiro atoms. The highest BCUT2D eigenvalue weighted by molar-refractivity contribution is 8.71. The fraction of sp³-hybridized carbons (Fsp3) is 0.500. The third kappa shape index (κ3) is 5.56. The molecule has 0 unspecified atom stereocenters. The Balaban J connectivity index is 2.40. The maximum atomic E-state index is 11.7. The number of benzene rings is 1. The van der Waals surface area contributed by atoms with Crippen molar-refractivity contribution in [3.8, 4) is 0 Å². The molecule has 0 aliphatic carbocycles. The van der Waals surface area contributed by atoms with Gasteiger partial charge in [-0.15, -0.1) is 0 Å². The van der Waals surface area contributed by atoms with Gasteiger partial charge in [0.15, 0.2) is 0 Å². The van der Waals surface area contributed by atoms with E-state index in [0.717, 1.165) is 35.6 Å². The zero-order valence-corrected chi connectivity index (χ0v) is 11.2. The van der Waals surface area contributed by atoms with Crippen LogP contribution in [0.5, 0.6) is 0 Å². The third-order valence-electron chi connectivity index (χ3n) is 2.20. The van der Waals surface area contributed by atoms with Crippen molar-refractivity contribution in [2.24, 2.45) is 0 Å². The molecule has 1 aromatic rings. The lowest BCUT2D eigenvalue weighted by molar-refractivity contribution is 0.609. The summed E-state index contributed by atoms with van der Waals surface area (Å²) in [6.07, 6.45) is 3.21. The summed E-state index contributed by atoms with van der Waals surface area (Å²) in [4.78, 5) is 0. The lowest BCUT2D eigenvalue weighted by Crippen LogP contribution is -2.00. The van der Waals surface area contributed by atoms with Gasteiger partial charge in [-0.05, 0) is 22.8 Å². The predicted octanol–water partition coefficient (Wildman–Crippen LogP) is 3.44. The van der Waals surface area contributed by atoms with Crippen LogP contribution in [0.15, 0.2) is 30.3 Å². The minimum absolute atomic E-state index is 0.143. The smallest absolute Gasteiger partial charge is 0.205 e. The van der Waals surface area contributed by atoms with Crippen LogP contribution in [0, 0.1) is 0 Å². The van der Waals surface area contributed by atoms with E-state index in [0.29, 0.717) is 5.75 Å². The molecule has 16 heavy (non-hydrogen) atoms. The fourth-order valence-corrected chi connectivity index (χ4v) is 4.39. The van der Waals surface area contributed by atoms with Gasteiger partial charge >= 0.3 is 0 Å². The first-order valence-electron chi connectivity index (χ1n) is 5.55. The molecule has 0 amide bonds. The predicted molar refractivity (Wildman–Crippen MR) is 71.0 cm³/mol. The normalized spacial score (nSPS) is 11.6. The molecular formula is C12H18O2S2. The molecule has 1 aromatic carbocycles. The standard InChI is InChI=1S/C12H18O2S2/c1-2-3-7-10-15-16(13,14)11-12-8-5-4-6-9-12/h4-6,8-9H,2-3,7,10-11H2,1H3. The van der Waals surface area contributed by atoms with E-state index in [1.54, 1.807) is 0 Å². The van der Waals surface area contributed by atoms with Gasteiger partial charge in [-0.3, -0.25) is 0 Å². The summed E-state index contributed by atoms with van der Waals surface area (Å²) in [6.45, 7) is 2.11. The van der Waals surface area contributed by atoms with Crippen LogP contribution in [-0.4, -0.2) is 14.2 Å². The van der Waals surface area contributed by atoms with Gasteiger partial charge in [-0.25, -0.2) is 8.42 Å². The SMILES string of the molecule is CCCCCSS(=O)(=O)Cc1ccccc1. The highest BCUT2D eigenvalue weighted by Gasteiger charge is 2.11. The minimum atomic E-state index is -3.00. The van der Waals surface area contributed by atoms with Gasteiger partial charge in [0.2, 0.25) is 8.87 Å². The maximum Gasteiger partial charge on any atom is 0.205 e. The van der Waals surface area contributed by atoms with Gasteiger partial charge in [0.25, 0.3) is 0 Å². The second-order valence-corrected chi connectivity index (χ2v) is 8.00. The van der Waals surface area contributed by atoms with Crippen LogP contribution in [0.4, 0.5) is 0 Å². The van der Waals surface area contributed by atoms with Crippen molar-refractivity contribution in [1.82, 2.24) is 0 Å². The average molecular weight is 258 g/mol. The molecule has 0 radical (unpaired) electrons. The van der Waals surface area contributed by atoms with Crippen LogP contribution in [0.2, 0.25) is 0 Å². The van der Waals surface area contributed by atoms with Crippen molar-refractivity contribution < 1.29 is 8.42 Å². The molecule has 0 aliphatic rings. The molecule has 0 aliphatic heterocycles. The van der Waals surface area contributed by atoms with Gasteiger partial charge in [-0.2, -0.15) is 0 Å². The summed E-state index contributed by atoms with van der Waals surface area (Å²) in [6, 6.07) is 9.33. The number of rotatable bonds is 7. The van der Waals surface area contributed by atoms with Crippen LogP contribution in [0.3, 0.4) is 0 Å². The fourth-order valence-electron chi connectivity index (χ4n) is 1.36. The molecule has 0 aromatic heterocycles. The van der Waals surface area contributed by atoms with Crippen molar-refractivity contribution >= 4 is 19.7 Å². The van der Waals surface area contributed by atoms with Crippen LogP contribution in [-0.2, 0) is 14.6 Å². The summed E-state index contributed by atoms with van der Waals surface area (Å²) >= 11 is 0. The topological polar surface area (TPSA) is 34.1 Å². The van der Waals surface area contributed by atoms with Gasteiger partial charge in [0.05, 0.1) is 5.75 Å².